The number of ether oxygens (including phenoxy) is 1. The van der Waals surface area contributed by atoms with E-state index in [1.807, 2.05) is 6.92 Å². The molecular formula is C12H23N2O+. The summed E-state index contributed by atoms with van der Waals surface area (Å²) in [7, 11) is 0. The molecule has 0 radical (unpaired) electrons. The van der Waals surface area contributed by atoms with Crippen molar-refractivity contribution in [3.63, 3.8) is 0 Å². The summed E-state index contributed by atoms with van der Waals surface area (Å²) in [6.07, 6.45) is 6.61. The molecule has 0 unspecified atom stereocenters. The van der Waals surface area contributed by atoms with Crippen molar-refractivity contribution in [2.75, 3.05) is 13.2 Å². The number of hydrogen-bond acceptors (Lipinski definition) is 1. The molecule has 15 heavy (non-hydrogen) atoms. The molecule has 0 saturated carbocycles. The van der Waals surface area contributed by atoms with E-state index in [4.69, 9.17) is 4.74 Å². The lowest BCUT2D eigenvalue weighted by molar-refractivity contribution is -0.703. The highest BCUT2D eigenvalue weighted by Gasteiger charge is 2.13. The monoisotopic (exact) mass is 211 g/mol. The molecule has 3 nitrogen and oxygen atoms in total. The topological polar surface area (TPSA) is 18.0 Å². The zero-order valence-corrected chi connectivity index (χ0v) is 10.2. The van der Waals surface area contributed by atoms with Gasteiger partial charge in [0.2, 0.25) is 0 Å². The summed E-state index contributed by atoms with van der Waals surface area (Å²) in [5, 5.41) is 0. The van der Waals surface area contributed by atoms with Gasteiger partial charge in [0, 0.05) is 13.0 Å². The van der Waals surface area contributed by atoms with Gasteiger partial charge in [0.25, 0.3) is 5.82 Å². The fourth-order valence-electron chi connectivity index (χ4n) is 1.86. The van der Waals surface area contributed by atoms with Crippen LogP contribution in [0.5, 0.6) is 0 Å². The predicted molar refractivity (Wildman–Crippen MR) is 60.8 cm³/mol. The van der Waals surface area contributed by atoms with Gasteiger partial charge in [0.1, 0.15) is 18.9 Å². The third kappa shape index (κ3) is 3.34. The molecule has 0 aromatic carbocycles. The third-order valence-corrected chi connectivity index (χ3v) is 2.55. The summed E-state index contributed by atoms with van der Waals surface area (Å²) < 4.78 is 10.0. The SMILES string of the molecule is CCC[n+]1ccn(CCOCC)c1CC. The van der Waals surface area contributed by atoms with Gasteiger partial charge >= 0.3 is 0 Å². The van der Waals surface area contributed by atoms with Gasteiger partial charge in [-0.1, -0.05) is 13.8 Å². The van der Waals surface area contributed by atoms with Crippen LogP contribution in [0.3, 0.4) is 0 Å². The van der Waals surface area contributed by atoms with Crippen LogP contribution in [0.25, 0.3) is 0 Å². The number of rotatable bonds is 7. The zero-order valence-electron chi connectivity index (χ0n) is 10.2. The molecule has 86 valence electrons. The van der Waals surface area contributed by atoms with Crippen molar-refractivity contribution in [3.05, 3.63) is 18.2 Å². The molecule has 0 aliphatic carbocycles. The molecule has 3 heteroatoms. The molecule has 0 amide bonds. The van der Waals surface area contributed by atoms with Crippen LogP contribution in [0.1, 0.15) is 33.0 Å². The van der Waals surface area contributed by atoms with Crippen LogP contribution in [0.2, 0.25) is 0 Å². The minimum atomic E-state index is 0.803. The van der Waals surface area contributed by atoms with Gasteiger partial charge in [-0.3, -0.25) is 0 Å². The Morgan fingerprint density at radius 1 is 1.33 bits per heavy atom. The van der Waals surface area contributed by atoms with E-state index >= 15 is 0 Å². The fourth-order valence-corrected chi connectivity index (χ4v) is 1.86. The maximum atomic E-state index is 5.38. The second-order valence-electron chi connectivity index (χ2n) is 3.65. The van der Waals surface area contributed by atoms with Crippen LogP contribution in [0.15, 0.2) is 12.4 Å². The molecule has 1 aromatic rings. The quantitative estimate of drug-likeness (QED) is 0.496. The standard InChI is InChI=1S/C12H23N2O/c1-4-7-13-8-9-14(12(13)5-2)10-11-15-6-3/h8-9H,4-7,10-11H2,1-3H3/q+1. The molecule has 1 rings (SSSR count). The average Bonchev–Trinajstić information content (AvgIpc) is 2.62. The van der Waals surface area contributed by atoms with E-state index in [-0.39, 0.29) is 0 Å². The number of aryl methyl sites for hydroxylation is 1. The lowest BCUT2D eigenvalue weighted by atomic mass is 10.4. The summed E-state index contributed by atoms with van der Waals surface area (Å²) in [4.78, 5) is 0. The van der Waals surface area contributed by atoms with E-state index in [9.17, 15) is 0 Å². The van der Waals surface area contributed by atoms with Gasteiger partial charge in [-0.2, -0.15) is 0 Å². The van der Waals surface area contributed by atoms with Gasteiger partial charge in [0.15, 0.2) is 0 Å². The van der Waals surface area contributed by atoms with Crippen LogP contribution in [0.4, 0.5) is 0 Å². The lowest BCUT2D eigenvalue weighted by Gasteiger charge is -2.02. The first-order chi connectivity index (χ1) is 7.33. The Kier molecular flexibility index (Phi) is 5.40. The molecule has 1 aromatic heterocycles. The molecular weight excluding hydrogens is 188 g/mol. The van der Waals surface area contributed by atoms with E-state index in [0.717, 1.165) is 32.7 Å². The Morgan fingerprint density at radius 3 is 2.73 bits per heavy atom. The largest absolute Gasteiger partial charge is 0.378 e. The normalized spacial score (nSPS) is 10.9. The van der Waals surface area contributed by atoms with Crippen molar-refractivity contribution < 1.29 is 9.30 Å². The third-order valence-electron chi connectivity index (χ3n) is 2.55. The maximum absolute atomic E-state index is 5.38. The highest BCUT2D eigenvalue weighted by atomic mass is 16.5. The first-order valence-electron chi connectivity index (χ1n) is 5.98. The highest BCUT2D eigenvalue weighted by molar-refractivity contribution is 4.82. The number of nitrogens with zero attached hydrogens (tertiary/aromatic N) is 2. The summed E-state index contributed by atoms with van der Waals surface area (Å²) in [5.74, 6) is 1.40. The summed E-state index contributed by atoms with van der Waals surface area (Å²) in [6.45, 7) is 10.1. The van der Waals surface area contributed by atoms with Gasteiger partial charge in [-0.05, 0) is 13.3 Å². The Labute approximate surface area is 92.7 Å². The fraction of sp³-hybridized carbons (Fsp3) is 0.750. The summed E-state index contributed by atoms with van der Waals surface area (Å²) in [6, 6.07) is 0. The molecule has 0 aliphatic heterocycles. The zero-order chi connectivity index (χ0) is 11.1. The molecule has 0 N–H and O–H groups in total. The first-order valence-corrected chi connectivity index (χ1v) is 5.98. The first kappa shape index (κ1) is 12.2. The van der Waals surface area contributed by atoms with Crippen molar-refractivity contribution >= 4 is 0 Å². The summed E-state index contributed by atoms with van der Waals surface area (Å²) >= 11 is 0. The van der Waals surface area contributed by atoms with E-state index in [0.29, 0.717) is 0 Å². The van der Waals surface area contributed by atoms with Crippen molar-refractivity contribution in [1.82, 2.24) is 4.57 Å². The second kappa shape index (κ2) is 6.62. The minimum absolute atomic E-state index is 0.803. The van der Waals surface area contributed by atoms with Crippen LogP contribution < -0.4 is 4.57 Å². The molecule has 0 spiro atoms. The molecule has 0 atom stereocenters. The van der Waals surface area contributed by atoms with Gasteiger partial charge in [-0.25, -0.2) is 9.13 Å². The van der Waals surface area contributed by atoms with E-state index in [2.05, 4.69) is 35.4 Å². The van der Waals surface area contributed by atoms with Crippen molar-refractivity contribution in [1.29, 1.82) is 0 Å². The van der Waals surface area contributed by atoms with Crippen LogP contribution in [0, 0.1) is 0 Å². The maximum Gasteiger partial charge on any atom is 0.256 e. The van der Waals surface area contributed by atoms with Crippen molar-refractivity contribution in [2.45, 2.75) is 46.7 Å². The van der Waals surface area contributed by atoms with Crippen molar-refractivity contribution in [2.24, 2.45) is 0 Å². The van der Waals surface area contributed by atoms with Gasteiger partial charge < -0.3 is 4.74 Å². The second-order valence-corrected chi connectivity index (χ2v) is 3.65. The van der Waals surface area contributed by atoms with Gasteiger partial charge in [-0.15, -0.1) is 0 Å². The molecule has 0 bridgehead atoms. The number of imidazole rings is 1. The number of aromatic nitrogens is 2. The highest BCUT2D eigenvalue weighted by Crippen LogP contribution is 1.98. The Hall–Kier alpha value is -0.830. The summed E-state index contributed by atoms with van der Waals surface area (Å²) in [5.41, 5.74) is 0. The van der Waals surface area contributed by atoms with E-state index in [1.54, 1.807) is 0 Å². The predicted octanol–water partition coefficient (Wildman–Crippen LogP) is 1.78. The Morgan fingerprint density at radius 2 is 2.13 bits per heavy atom. The number of hydrogen-bond donors (Lipinski definition) is 0. The van der Waals surface area contributed by atoms with E-state index < -0.39 is 0 Å². The molecule has 0 saturated heterocycles. The molecule has 1 heterocycles. The molecule has 0 aliphatic rings. The average molecular weight is 211 g/mol. The van der Waals surface area contributed by atoms with Crippen LogP contribution in [-0.4, -0.2) is 17.8 Å². The van der Waals surface area contributed by atoms with Crippen molar-refractivity contribution in [3.8, 4) is 0 Å². The van der Waals surface area contributed by atoms with Crippen LogP contribution >= 0.6 is 0 Å². The van der Waals surface area contributed by atoms with Crippen LogP contribution in [-0.2, 0) is 24.2 Å². The van der Waals surface area contributed by atoms with E-state index in [1.165, 1.54) is 12.2 Å². The minimum Gasteiger partial charge on any atom is -0.378 e. The van der Waals surface area contributed by atoms with Gasteiger partial charge in [0.05, 0.1) is 13.2 Å². The molecule has 0 fully saturated rings. The Bertz CT molecular complexity index is 281. The smallest absolute Gasteiger partial charge is 0.256 e. The lowest BCUT2D eigenvalue weighted by Crippen LogP contribution is -2.36. The Balaban J connectivity index is 2.62.